The number of ether oxygens (including phenoxy) is 2. The Hall–Kier alpha value is -4.66. The molecule has 0 unspecified atom stereocenters. The molecule has 0 saturated heterocycles. The van der Waals surface area contributed by atoms with E-state index in [4.69, 9.17) is 18.9 Å². The second-order valence-corrected chi connectivity index (χ2v) is 7.43. The largest absolute Gasteiger partial charge is 0.515 e. The van der Waals surface area contributed by atoms with E-state index in [0.717, 1.165) is 11.3 Å². The van der Waals surface area contributed by atoms with Crippen molar-refractivity contribution in [3.63, 3.8) is 0 Å². The molecule has 1 amide bonds. The Labute approximate surface area is 194 Å². The fourth-order valence-corrected chi connectivity index (χ4v) is 3.65. The third-order valence-corrected chi connectivity index (χ3v) is 5.18. The molecule has 0 bridgehead atoms. The van der Waals surface area contributed by atoms with Gasteiger partial charge >= 0.3 is 6.16 Å². The van der Waals surface area contributed by atoms with E-state index >= 15 is 0 Å². The Kier molecular flexibility index (Phi) is 5.65. The van der Waals surface area contributed by atoms with Crippen LogP contribution in [0.2, 0.25) is 0 Å². The fourth-order valence-electron chi connectivity index (χ4n) is 3.65. The predicted molar refractivity (Wildman–Crippen MR) is 125 cm³/mol. The molecule has 0 aliphatic carbocycles. The molecule has 0 fully saturated rings. The highest BCUT2D eigenvalue weighted by Crippen LogP contribution is 2.33. The molecule has 4 aromatic rings. The molecular formula is C25H20N4O5. The maximum absolute atomic E-state index is 12.7. The number of fused-ring (bicyclic) bond motifs is 1. The van der Waals surface area contributed by atoms with Crippen LogP contribution in [0.15, 0.2) is 82.8 Å². The van der Waals surface area contributed by atoms with Crippen LogP contribution in [0.5, 0.6) is 5.88 Å². The van der Waals surface area contributed by atoms with Gasteiger partial charge in [0.2, 0.25) is 5.91 Å². The molecule has 170 valence electrons. The second kappa shape index (κ2) is 9.07. The summed E-state index contributed by atoms with van der Waals surface area (Å²) in [6.45, 7) is 1.86. The molecule has 34 heavy (non-hydrogen) atoms. The summed E-state index contributed by atoms with van der Waals surface area (Å²) in [4.78, 5) is 33.1. The number of aliphatic imine (C=N–C) groups is 1. The molecule has 1 N–H and O–H groups in total. The lowest BCUT2D eigenvalue weighted by molar-refractivity contribution is -0.115. The van der Waals surface area contributed by atoms with Crippen molar-refractivity contribution in [1.82, 2.24) is 9.55 Å². The minimum absolute atomic E-state index is 0.000893. The summed E-state index contributed by atoms with van der Waals surface area (Å²) in [6.07, 6.45) is 4.29. The molecule has 2 aromatic heterocycles. The zero-order valence-electron chi connectivity index (χ0n) is 18.2. The van der Waals surface area contributed by atoms with Gasteiger partial charge in [0.15, 0.2) is 12.2 Å². The SMILES string of the molecule is CCOC(=O)Oc1ncoc1-c1cccc(C2=Nc3ccc(-n4cccc4)cc3NC(=O)C2)c1. The Morgan fingerprint density at radius 3 is 2.76 bits per heavy atom. The lowest BCUT2D eigenvalue weighted by atomic mass is 10.0. The Bertz CT molecular complexity index is 1390. The van der Waals surface area contributed by atoms with Crippen LogP contribution in [-0.2, 0) is 9.53 Å². The summed E-state index contributed by atoms with van der Waals surface area (Å²) in [6, 6.07) is 16.9. The van der Waals surface area contributed by atoms with Crippen LogP contribution in [-0.4, -0.2) is 33.9 Å². The van der Waals surface area contributed by atoms with E-state index in [9.17, 15) is 9.59 Å². The van der Waals surface area contributed by atoms with Crippen molar-refractivity contribution in [1.29, 1.82) is 0 Å². The predicted octanol–water partition coefficient (Wildman–Crippen LogP) is 5.13. The number of amides is 1. The van der Waals surface area contributed by atoms with Crippen LogP contribution in [0.4, 0.5) is 16.2 Å². The maximum Gasteiger partial charge on any atom is 0.515 e. The van der Waals surface area contributed by atoms with Gasteiger partial charge in [-0.1, -0.05) is 18.2 Å². The zero-order chi connectivity index (χ0) is 23.5. The van der Waals surface area contributed by atoms with Gasteiger partial charge in [-0.2, -0.15) is 4.98 Å². The second-order valence-electron chi connectivity index (χ2n) is 7.43. The van der Waals surface area contributed by atoms with E-state index in [1.165, 1.54) is 6.39 Å². The third-order valence-electron chi connectivity index (χ3n) is 5.18. The summed E-state index contributed by atoms with van der Waals surface area (Å²) in [5.41, 5.74) is 4.16. The minimum atomic E-state index is -0.866. The first-order valence-electron chi connectivity index (χ1n) is 10.6. The molecular weight excluding hydrogens is 436 g/mol. The van der Waals surface area contributed by atoms with Crippen molar-refractivity contribution in [2.45, 2.75) is 13.3 Å². The van der Waals surface area contributed by atoms with E-state index in [1.807, 2.05) is 65.5 Å². The lowest BCUT2D eigenvalue weighted by Gasteiger charge is -2.08. The average Bonchev–Trinajstić information content (AvgIpc) is 3.49. The van der Waals surface area contributed by atoms with Gasteiger partial charge in [0.1, 0.15) is 0 Å². The van der Waals surface area contributed by atoms with Gasteiger partial charge in [-0.05, 0) is 48.9 Å². The number of carbonyl (C=O) groups is 2. The van der Waals surface area contributed by atoms with E-state index in [-0.39, 0.29) is 30.6 Å². The minimum Gasteiger partial charge on any atom is -0.439 e. The Balaban J connectivity index is 1.48. The van der Waals surface area contributed by atoms with Gasteiger partial charge in [-0.15, -0.1) is 0 Å². The Morgan fingerprint density at radius 1 is 1.12 bits per heavy atom. The lowest BCUT2D eigenvalue weighted by Crippen LogP contribution is -2.15. The number of carbonyl (C=O) groups excluding carboxylic acids is 2. The fraction of sp³-hybridized carbons (Fsp3) is 0.120. The zero-order valence-corrected chi connectivity index (χ0v) is 18.2. The average molecular weight is 456 g/mol. The van der Waals surface area contributed by atoms with Crippen molar-refractivity contribution in [3.05, 3.63) is 78.9 Å². The number of aromatic nitrogens is 2. The summed E-state index contributed by atoms with van der Waals surface area (Å²) in [5, 5.41) is 2.94. The number of nitrogens with zero attached hydrogens (tertiary/aromatic N) is 3. The Morgan fingerprint density at radius 2 is 1.94 bits per heavy atom. The molecule has 0 atom stereocenters. The molecule has 1 aliphatic rings. The molecule has 0 saturated carbocycles. The first-order valence-corrected chi connectivity index (χ1v) is 10.6. The van der Waals surface area contributed by atoms with Crippen molar-refractivity contribution < 1.29 is 23.5 Å². The molecule has 1 aliphatic heterocycles. The first-order chi connectivity index (χ1) is 16.6. The number of hydrogen-bond donors (Lipinski definition) is 1. The smallest absolute Gasteiger partial charge is 0.439 e. The van der Waals surface area contributed by atoms with Crippen LogP contribution < -0.4 is 10.1 Å². The number of anilines is 1. The quantitative estimate of drug-likeness (QED) is 0.417. The molecule has 0 radical (unpaired) electrons. The highest BCUT2D eigenvalue weighted by atomic mass is 16.7. The van der Waals surface area contributed by atoms with Crippen molar-refractivity contribution in [2.75, 3.05) is 11.9 Å². The molecule has 3 heterocycles. The first kappa shape index (κ1) is 21.2. The van der Waals surface area contributed by atoms with Gasteiger partial charge < -0.3 is 23.8 Å². The van der Waals surface area contributed by atoms with Crippen LogP contribution in [0, 0.1) is 0 Å². The van der Waals surface area contributed by atoms with Crippen molar-refractivity contribution in [3.8, 4) is 22.9 Å². The number of hydrogen-bond acceptors (Lipinski definition) is 7. The summed E-state index contributed by atoms with van der Waals surface area (Å²) in [7, 11) is 0. The van der Waals surface area contributed by atoms with E-state index < -0.39 is 6.16 Å². The number of rotatable bonds is 5. The topological polar surface area (TPSA) is 108 Å². The van der Waals surface area contributed by atoms with Gasteiger partial charge in [0.25, 0.3) is 5.88 Å². The monoisotopic (exact) mass is 456 g/mol. The third kappa shape index (κ3) is 4.31. The van der Waals surface area contributed by atoms with Gasteiger partial charge in [-0.3, -0.25) is 9.79 Å². The molecule has 2 aromatic carbocycles. The molecule has 9 heteroatoms. The summed E-state index contributed by atoms with van der Waals surface area (Å²) in [5.74, 6) is 0.0999. The van der Waals surface area contributed by atoms with Crippen LogP contribution >= 0.6 is 0 Å². The maximum atomic E-state index is 12.7. The number of nitrogens with one attached hydrogen (secondary N) is 1. The standard InChI is InChI=1S/C25H20N4O5/c1-2-32-25(31)34-24-23(33-15-26-24)17-7-5-6-16(12-17)20-14-22(30)28-21-13-18(8-9-19(21)27-20)29-10-3-4-11-29/h3-13,15H,2,14H2,1H3,(H,28,30). The highest BCUT2D eigenvalue weighted by molar-refractivity contribution is 6.17. The molecule has 0 spiro atoms. The number of benzene rings is 2. The van der Waals surface area contributed by atoms with Crippen LogP contribution in [0.1, 0.15) is 18.9 Å². The summed E-state index contributed by atoms with van der Waals surface area (Å²) < 4.78 is 17.4. The summed E-state index contributed by atoms with van der Waals surface area (Å²) >= 11 is 0. The van der Waals surface area contributed by atoms with Crippen LogP contribution in [0.25, 0.3) is 17.0 Å². The normalized spacial score (nSPS) is 12.9. The molecule has 9 nitrogen and oxygen atoms in total. The van der Waals surface area contributed by atoms with Gasteiger partial charge in [0.05, 0.1) is 30.1 Å². The van der Waals surface area contributed by atoms with E-state index in [2.05, 4.69) is 10.3 Å². The van der Waals surface area contributed by atoms with E-state index in [0.29, 0.717) is 22.6 Å². The highest BCUT2D eigenvalue weighted by Gasteiger charge is 2.21. The van der Waals surface area contributed by atoms with Crippen molar-refractivity contribution in [2.24, 2.45) is 4.99 Å². The van der Waals surface area contributed by atoms with Gasteiger partial charge in [-0.25, -0.2) is 4.79 Å². The number of oxazole rings is 1. The van der Waals surface area contributed by atoms with E-state index in [1.54, 1.807) is 13.0 Å². The van der Waals surface area contributed by atoms with Crippen molar-refractivity contribution >= 4 is 29.1 Å². The van der Waals surface area contributed by atoms with Gasteiger partial charge in [0, 0.05) is 23.6 Å². The van der Waals surface area contributed by atoms with Crippen LogP contribution in [0.3, 0.4) is 0 Å². The molecule has 5 rings (SSSR count).